The largest absolute Gasteiger partial charge is 0.573 e. The average Bonchev–Trinajstić information content (AvgIpc) is 2.90. The van der Waals surface area contributed by atoms with E-state index in [0.717, 1.165) is 5.56 Å². The summed E-state index contributed by atoms with van der Waals surface area (Å²) >= 11 is 0. The Morgan fingerprint density at radius 2 is 1.69 bits per heavy atom. The molecule has 0 radical (unpaired) electrons. The van der Waals surface area contributed by atoms with Gasteiger partial charge in [-0.05, 0) is 30.2 Å². The molecule has 0 spiro atoms. The normalized spacial score (nSPS) is 18.9. The summed E-state index contributed by atoms with van der Waals surface area (Å²) in [7, 11) is 2.80. The van der Waals surface area contributed by atoms with E-state index in [-0.39, 0.29) is 36.3 Å². The molecule has 0 aromatic heterocycles. The van der Waals surface area contributed by atoms with Crippen molar-refractivity contribution in [3.63, 3.8) is 0 Å². The fraction of sp³-hybridized carbons (Fsp3) is 0.346. The highest BCUT2D eigenvalue weighted by Gasteiger charge is 2.35. The molecule has 1 heterocycles. The molecule has 0 bridgehead atoms. The minimum absolute atomic E-state index is 0.0808. The Morgan fingerprint density at radius 3 is 2.23 bits per heavy atom. The van der Waals surface area contributed by atoms with Crippen LogP contribution < -0.4 is 20.1 Å². The smallest absolute Gasteiger partial charge is 0.496 e. The van der Waals surface area contributed by atoms with E-state index in [2.05, 4.69) is 15.4 Å². The number of piperidine rings is 1. The molecule has 0 unspecified atom stereocenters. The molecule has 2 aromatic carbocycles. The zero-order chi connectivity index (χ0) is 29.0. The van der Waals surface area contributed by atoms with Gasteiger partial charge < -0.3 is 35.1 Å². The summed E-state index contributed by atoms with van der Waals surface area (Å²) in [5, 5.41) is 22.4. The predicted molar refractivity (Wildman–Crippen MR) is 132 cm³/mol. The molecule has 10 nitrogen and oxygen atoms in total. The van der Waals surface area contributed by atoms with Crippen molar-refractivity contribution >= 4 is 17.9 Å². The van der Waals surface area contributed by atoms with E-state index >= 15 is 0 Å². The molecule has 2 aromatic rings. The molecule has 212 valence electrons. The lowest BCUT2D eigenvalue weighted by Gasteiger charge is -2.37. The van der Waals surface area contributed by atoms with Crippen molar-refractivity contribution in [2.75, 3.05) is 20.8 Å². The predicted octanol–water partition coefficient (Wildman–Crippen LogP) is 3.29. The summed E-state index contributed by atoms with van der Waals surface area (Å²) in [5.74, 6) is -3.03. The van der Waals surface area contributed by atoms with Gasteiger partial charge in [0.1, 0.15) is 11.5 Å². The Balaban J connectivity index is 0.000000580. The first-order valence-electron chi connectivity index (χ1n) is 11.6. The number of ether oxygens (including phenoxy) is 3. The topological polar surface area (TPSA) is 143 Å². The highest BCUT2D eigenvalue weighted by Crippen LogP contribution is 2.31. The zero-order valence-electron chi connectivity index (χ0n) is 21.1. The molecular formula is C26H29F3N2O8. The standard InChI is InChI=1S/C22H25F3N2O4.C4H4O4/c1-29-19-9-8-17(31-22(23,24)25)10-15(19)12-26-18-11-16(21(28)30-2)13-27-20(18)14-6-4-3-5-7-14;5-3(6)1-2-4(7)8/h3-10,16,18,20,26-27H,11-13H2,1-2H3;1-2H,(H,5,6)(H,7,8)/t16-,18+,20+;/m1./s1. The number of carbonyl (C=O) groups excluding carboxylic acids is 1. The first kappa shape index (κ1) is 31.1. The van der Waals surface area contributed by atoms with Gasteiger partial charge in [-0.15, -0.1) is 13.2 Å². The number of carboxylic acid groups (broad SMARTS) is 2. The third-order valence-corrected chi connectivity index (χ3v) is 5.63. The minimum Gasteiger partial charge on any atom is -0.496 e. The lowest BCUT2D eigenvalue weighted by Crippen LogP contribution is -2.51. The second-order valence-corrected chi connectivity index (χ2v) is 8.27. The number of hydrogen-bond donors (Lipinski definition) is 4. The van der Waals surface area contributed by atoms with Crippen LogP contribution in [0.4, 0.5) is 13.2 Å². The Hall–Kier alpha value is -4.10. The summed E-state index contributed by atoms with van der Waals surface area (Å²) in [6.45, 7) is 0.699. The van der Waals surface area contributed by atoms with Crippen molar-refractivity contribution in [3.8, 4) is 11.5 Å². The number of methoxy groups -OCH3 is 2. The van der Waals surface area contributed by atoms with Gasteiger partial charge >= 0.3 is 24.3 Å². The molecule has 0 saturated carbocycles. The maximum atomic E-state index is 12.6. The quantitative estimate of drug-likeness (QED) is 0.269. The van der Waals surface area contributed by atoms with Gasteiger partial charge in [0, 0.05) is 42.9 Å². The summed E-state index contributed by atoms with van der Waals surface area (Å²) in [6.07, 6.45) is -3.15. The van der Waals surface area contributed by atoms with Crippen LogP contribution in [-0.2, 0) is 25.7 Å². The summed E-state index contributed by atoms with van der Waals surface area (Å²) in [4.78, 5) is 31.2. The van der Waals surface area contributed by atoms with Gasteiger partial charge in [0.25, 0.3) is 0 Å². The van der Waals surface area contributed by atoms with E-state index in [1.54, 1.807) is 0 Å². The number of carbonyl (C=O) groups is 3. The second kappa shape index (κ2) is 14.7. The van der Waals surface area contributed by atoms with Gasteiger partial charge in [-0.2, -0.15) is 0 Å². The molecule has 1 fully saturated rings. The number of nitrogens with one attached hydrogen (secondary N) is 2. The molecule has 4 N–H and O–H groups in total. The van der Waals surface area contributed by atoms with Crippen LogP contribution in [0, 0.1) is 5.92 Å². The number of esters is 1. The highest BCUT2D eigenvalue weighted by atomic mass is 19.4. The van der Waals surface area contributed by atoms with Crippen LogP contribution in [-0.4, -0.2) is 61.3 Å². The van der Waals surface area contributed by atoms with E-state index in [4.69, 9.17) is 19.7 Å². The number of carboxylic acids is 2. The third kappa shape index (κ3) is 10.7. The molecular weight excluding hydrogens is 525 g/mol. The highest BCUT2D eigenvalue weighted by molar-refractivity contribution is 5.89. The van der Waals surface area contributed by atoms with Crippen molar-refractivity contribution in [2.24, 2.45) is 5.92 Å². The van der Waals surface area contributed by atoms with E-state index in [0.29, 0.717) is 36.4 Å². The Bertz CT molecular complexity index is 1130. The van der Waals surface area contributed by atoms with Gasteiger partial charge in [0.2, 0.25) is 0 Å². The summed E-state index contributed by atoms with van der Waals surface area (Å²) in [5.41, 5.74) is 1.56. The number of benzene rings is 2. The van der Waals surface area contributed by atoms with Gasteiger partial charge in [0.15, 0.2) is 0 Å². The van der Waals surface area contributed by atoms with Crippen LogP contribution in [0.2, 0.25) is 0 Å². The first-order chi connectivity index (χ1) is 18.4. The molecule has 1 saturated heterocycles. The Kier molecular flexibility index (Phi) is 11.8. The number of hydrogen-bond acceptors (Lipinski definition) is 8. The lowest BCUT2D eigenvalue weighted by molar-refractivity contribution is -0.274. The maximum Gasteiger partial charge on any atom is 0.573 e. The lowest BCUT2D eigenvalue weighted by atomic mass is 9.86. The minimum atomic E-state index is -4.78. The van der Waals surface area contributed by atoms with Crippen LogP contribution in [0.25, 0.3) is 0 Å². The molecule has 0 aliphatic carbocycles. The number of alkyl halides is 3. The number of aliphatic carboxylic acids is 2. The van der Waals surface area contributed by atoms with Crippen molar-refractivity contribution in [1.29, 1.82) is 0 Å². The second-order valence-electron chi connectivity index (χ2n) is 8.27. The van der Waals surface area contributed by atoms with Gasteiger partial charge in [-0.25, -0.2) is 9.59 Å². The van der Waals surface area contributed by atoms with Crippen molar-refractivity contribution in [1.82, 2.24) is 10.6 Å². The maximum absolute atomic E-state index is 12.6. The fourth-order valence-electron chi connectivity index (χ4n) is 3.97. The summed E-state index contributed by atoms with van der Waals surface area (Å²) in [6, 6.07) is 13.4. The number of rotatable bonds is 9. The van der Waals surface area contributed by atoms with Gasteiger partial charge in [-0.1, -0.05) is 30.3 Å². The summed E-state index contributed by atoms with van der Waals surface area (Å²) < 4.78 is 52.0. The van der Waals surface area contributed by atoms with E-state index in [9.17, 15) is 27.6 Å². The SMILES string of the molecule is COC(=O)[C@H]1CN[C@@H](c2ccccc2)[C@@H](NCc2cc(OC(F)(F)F)ccc2OC)C1.O=C(O)C=CC(=O)O. The first-order valence-corrected chi connectivity index (χ1v) is 11.6. The molecule has 13 heteroatoms. The molecule has 3 rings (SSSR count). The molecule has 0 amide bonds. The van der Waals surface area contributed by atoms with E-state index in [1.165, 1.54) is 32.4 Å². The molecule has 1 aliphatic rings. The molecule has 1 aliphatic heterocycles. The Morgan fingerprint density at radius 1 is 1.05 bits per heavy atom. The van der Waals surface area contributed by atoms with Gasteiger partial charge in [-0.3, -0.25) is 4.79 Å². The molecule has 3 atom stereocenters. The monoisotopic (exact) mass is 554 g/mol. The van der Waals surface area contributed by atoms with Crippen LogP contribution in [0.1, 0.15) is 23.6 Å². The Labute approximate surface area is 222 Å². The average molecular weight is 555 g/mol. The van der Waals surface area contributed by atoms with Crippen molar-refractivity contribution in [2.45, 2.75) is 31.4 Å². The third-order valence-electron chi connectivity index (χ3n) is 5.63. The van der Waals surface area contributed by atoms with Crippen molar-refractivity contribution in [3.05, 3.63) is 71.8 Å². The zero-order valence-corrected chi connectivity index (χ0v) is 21.1. The van der Waals surface area contributed by atoms with E-state index in [1.807, 2.05) is 30.3 Å². The van der Waals surface area contributed by atoms with Crippen LogP contribution in [0.3, 0.4) is 0 Å². The van der Waals surface area contributed by atoms with Crippen LogP contribution >= 0.6 is 0 Å². The van der Waals surface area contributed by atoms with Crippen molar-refractivity contribution < 1.29 is 52.0 Å². The number of halogens is 3. The van der Waals surface area contributed by atoms with E-state index < -0.39 is 18.3 Å². The van der Waals surface area contributed by atoms with Gasteiger partial charge in [0.05, 0.1) is 20.1 Å². The molecule has 39 heavy (non-hydrogen) atoms. The van der Waals surface area contributed by atoms with Crippen LogP contribution in [0.15, 0.2) is 60.7 Å². The van der Waals surface area contributed by atoms with Crippen LogP contribution in [0.5, 0.6) is 11.5 Å². The fourth-order valence-corrected chi connectivity index (χ4v) is 3.97.